The molecule has 6 nitrogen and oxygen atoms in total. The van der Waals surface area contributed by atoms with Gasteiger partial charge in [0, 0.05) is 26.2 Å². The molecule has 1 aromatic carbocycles. The van der Waals surface area contributed by atoms with Crippen LogP contribution in [0.25, 0.3) is 0 Å². The Balaban J connectivity index is 1.73. The van der Waals surface area contributed by atoms with E-state index in [9.17, 15) is 9.59 Å². The van der Waals surface area contributed by atoms with E-state index in [1.165, 1.54) is 0 Å². The summed E-state index contributed by atoms with van der Waals surface area (Å²) in [5.41, 5.74) is 1.10. The van der Waals surface area contributed by atoms with E-state index in [4.69, 9.17) is 4.74 Å². The number of para-hydroxylation sites is 1. The maximum Gasteiger partial charge on any atom is 0.255 e. The second kappa shape index (κ2) is 6.89. The molecule has 2 aliphatic heterocycles. The molecule has 118 valence electrons. The third-order valence-corrected chi connectivity index (χ3v) is 4.03. The summed E-state index contributed by atoms with van der Waals surface area (Å²) in [7, 11) is 0. The van der Waals surface area contributed by atoms with E-state index in [0.29, 0.717) is 24.4 Å². The highest BCUT2D eigenvalue weighted by molar-refractivity contribution is 6.04. The average molecular weight is 303 g/mol. The average Bonchev–Trinajstić information content (AvgIpc) is 3.10. The van der Waals surface area contributed by atoms with Crippen molar-refractivity contribution in [1.82, 2.24) is 10.2 Å². The Morgan fingerprint density at radius 1 is 1.23 bits per heavy atom. The van der Waals surface area contributed by atoms with Gasteiger partial charge in [-0.05, 0) is 25.0 Å². The summed E-state index contributed by atoms with van der Waals surface area (Å²) < 4.78 is 5.44. The molecular weight excluding hydrogens is 282 g/mol. The van der Waals surface area contributed by atoms with E-state index >= 15 is 0 Å². The molecule has 6 heteroatoms. The number of hydrogen-bond acceptors (Lipinski definition) is 4. The van der Waals surface area contributed by atoms with Crippen molar-refractivity contribution < 1.29 is 14.3 Å². The summed E-state index contributed by atoms with van der Waals surface area (Å²) in [5, 5.41) is 5.96. The van der Waals surface area contributed by atoms with Gasteiger partial charge in [0.15, 0.2) is 0 Å². The topological polar surface area (TPSA) is 70.7 Å². The predicted molar refractivity (Wildman–Crippen MR) is 82.8 cm³/mol. The van der Waals surface area contributed by atoms with Crippen LogP contribution in [0.3, 0.4) is 0 Å². The number of nitrogens with zero attached hydrogens (tertiary/aromatic N) is 1. The lowest BCUT2D eigenvalue weighted by Crippen LogP contribution is -2.45. The van der Waals surface area contributed by atoms with Gasteiger partial charge in [-0.2, -0.15) is 0 Å². The van der Waals surface area contributed by atoms with Crippen LogP contribution in [0.5, 0.6) is 0 Å². The van der Waals surface area contributed by atoms with Gasteiger partial charge in [-0.1, -0.05) is 12.1 Å². The number of nitrogens with one attached hydrogen (secondary N) is 2. The standard InChI is InChI=1S/C16H21N3O3/c20-15(14-11-17-7-10-22-14)18-13-6-2-1-5-12(13)16(21)19-8-3-4-9-19/h1-2,5-6,14,17H,3-4,7-11H2,(H,18,20). The molecule has 2 heterocycles. The first-order valence-corrected chi connectivity index (χ1v) is 7.77. The molecule has 3 rings (SSSR count). The number of ether oxygens (including phenoxy) is 1. The second-order valence-corrected chi connectivity index (χ2v) is 5.60. The van der Waals surface area contributed by atoms with Crippen molar-refractivity contribution in [2.45, 2.75) is 18.9 Å². The molecular formula is C16H21N3O3. The van der Waals surface area contributed by atoms with Crippen molar-refractivity contribution in [1.29, 1.82) is 0 Å². The maximum atomic E-state index is 12.6. The molecule has 2 N–H and O–H groups in total. The van der Waals surface area contributed by atoms with Gasteiger partial charge in [-0.25, -0.2) is 0 Å². The Morgan fingerprint density at radius 2 is 2.00 bits per heavy atom. The summed E-state index contributed by atoms with van der Waals surface area (Å²) in [5.74, 6) is -0.232. The Kier molecular flexibility index (Phi) is 4.70. The monoisotopic (exact) mass is 303 g/mol. The van der Waals surface area contributed by atoms with Crippen molar-refractivity contribution >= 4 is 17.5 Å². The van der Waals surface area contributed by atoms with Crippen LogP contribution >= 0.6 is 0 Å². The minimum Gasteiger partial charge on any atom is -0.366 e. The van der Waals surface area contributed by atoms with Gasteiger partial charge in [-0.3, -0.25) is 9.59 Å². The van der Waals surface area contributed by atoms with Crippen LogP contribution in [0.1, 0.15) is 23.2 Å². The highest BCUT2D eigenvalue weighted by atomic mass is 16.5. The predicted octanol–water partition coefficient (Wildman–Crippen LogP) is 0.849. The lowest BCUT2D eigenvalue weighted by atomic mass is 10.1. The SMILES string of the molecule is O=C(Nc1ccccc1C(=O)N1CCCC1)C1CNCCO1. The number of morpholine rings is 1. The molecule has 22 heavy (non-hydrogen) atoms. The fraction of sp³-hybridized carbons (Fsp3) is 0.500. The number of carbonyl (C=O) groups excluding carboxylic acids is 2. The first kappa shape index (κ1) is 15.0. The van der Waals surface area contributed by atoms with Crippen LogP contribution in [0.2, 0.25) is 0 Å². The molecule has 0 aromatic heterocycles. The fourth-order valence-electron chi connectivity index (χ4n) is 2.82. The minimum absolute atomic E-state index is 0.0175. The van der Waals surface area contributed by atoms with Gasteiger partial charge < -0.3 is 20.3 Å². The normalized spacial score (nSPS) is 21.6. The van der Waals surface area contributed by atoms with Gasteiger partial charge in [-0.15, -0.1) is 0 Å². The van der Waals surface area contributed by atoms with Crippen molar-refractivity contribution in [3.63, 3.8) is 0 Å². The lowest BCUT2D eigenvalue weighted by molar-refractivity contribution is -0.128. The van der Waals surface area contributed by atoms with Crippen LogP contribution in [0, 0.1) is 0 Å². The Morgan fingerprint density at radius 3 is 2.73 bits per heavy atom. The molecule has 0 aliphatic carbocycles. The number of rotatable bonds is 3. The van der Waals surface area contributed by atoms with Gasteiger partial charge in [0.25, 0.3) is 11.8 Å². The number of benzene rings is 1. The molecule has 0 saturated carbocycles. The zero-order chi connectivity index (χ0) is 15.4. The smallest absolute Gasteiger partial charge is 0.255 e. The van der Waals surface area contributed by atoms with Crippen LogP contribution in [-0.2, 0) is 9.53 Å². The molecule has 1 atom stereocenters. The Bertz CT molecular complexity index is 549. The third-order valence-electron chi connectivity index (χ3n) is 4.03. The van der Waals surface area contributed by atoms with E-state index in [1.807, 2.05) is 17.0 Å². The van der Waals surface area contributed by atoms with Crippen molar-refractivity contribution in [3.05, 3.63) is 29.8 Å². The summed E-state index contributed by atoms with van der Waals surface area (Å²) in [4.78, 5) is 26.7. The first-order valence-electron chi connectivity index (χ1n) is 7.77. The molecule has 2 amide bonds. The largest absolute Gasteiger partial charge is 0.366 e. The zero-order valence-corrected chi connectivity index (χ0v) is 12.5. The lowest BCUT2D eigenvalue weighted by Gasteiger charge is -2.23. The summed E-state index contributed by atoms with van der Waals surface area (Å²) in [6, 6.07) is 7.15. The molecule has 1 unspecified atom stereocenters. The summed E-state index contributed by atoms with van der Waals surface area (Å²) >= 11 is 0. The van der Waals surface area contributed by atoms with Gasteiger partial charge in [0.05, 0.1) is 17.9 Å². The van der Waals surface area contributed by atoms with Gasteiger partial charge in [0.1, 0.15) is 6.10 Å². The molecule has 0 spiro atoms. The molecule has 2 fully saturated rings. The van der Waals surface area contributed by atoms with Crippen LogP contribution in [0.15, 0.2) is 24.3 Å². The quantitative estimate of drug-likeness (QED) is 0.868. The second-order valence-electron chi connectivity index (χ2n) is 5.60. The fourth-order valence-corrected chi connectivity index (χ4v) is 2.82. The molecule has 0 bridgehead atoms. The van der Waals surface area contributed by atoms with Crippen LogP contribution < -0.4 is 10.6 Å². The highest BCUT2D eigenvalue weighted by Crippen LogP contribution is 2.20. The van der Waals surface area contributed by atoms with Crippen molar-refractivity contribution in [2.75, 3.05) is 38.1 Å². The summed E-state index contributed by atoms with van der Waals surface area (Å²) in [6.45, 7) is 3.35. The third kappa shape index (κ3) is 3.28. The molecule has 2 aliphatic rings. The van der Waals surface area contributed by atoms with E-state index in [0.717, 1.165) is 32.5 Å². The number of anilines is 1. The van der Waals surface area contributed by atoms with Crippen molar-refractivity contribution in [2.24, 2.45) is 0 Å². The Labute approximate surface area is 129 Å². The number of hydrogen-bond donors (Lipinski definition) is 2. The van der Waals surface area contributed by atoms with Crippen LogP contribution in [0.4, 0.5) is 5.69 Å². The zero-order valence-electron chi connectivity index (χ0n) is 12.5. The van der Waals surface area contributed by atoms with Gasteiger partial charge in [0.2, 0.25) is 0 Å². The van der Waals surface area contributed by atoms with E-state index < -0.39 is 6.10 Å². The van der Waals surface area contributed by atoms with E-state index in [1.54, 1.807) is 12.1 Å². The van der Waals surface area contributed by atoms with E-state index in [2.05, 4.69) is 10.6 Å². The maximum absolute atomic E-state index is 12.6. The van der Waals surface area contributed by atoms with Gasteiger partial charge >= 0.3 is 0 Å². The first-order chi connectivity index (χ1) is 10.8. The highest BCUT2D eigenvalue weighted by Gasteiger charge is 2.25. The number of carbonyl (C=O) groups is 2. The molecule has 1 aromatic rings. The van der Waals surface area contributed by atoms with Crippen LogP contribution in [-0.4, -0.2) is 55.6 Å². The summed E-state index contributed by atoms with van der Waals surface area (Å²) in [6.07, 6.45) is 1.58. The number of amides is 2. The Hall–Kier alpha value is -1.92. The molecule has 0 radical (unpaired) electrons. The van der Waals surface area contributed by atoms with E-state index in [-0.39, 0.29) is 11.8 Å². The van der Waals surface area contributed by atoms with Crippen molar-refractivity contribution in [3.8, 4) is 0 Å². The molecule has 2 saturated heterocycles. The number of likely N-dealkylation sites (tertiary alicyclic amines) is 1. The minimum atomic E-state index is -0.510.